The van der Waals surface area contributed by atoms with Crippen LogP contribution in [0.5, 0.6) is 0 Å². The molecule has 0 radical (unpaired) electrons. The summed E-state index contributed by atoms with van der Waals surface area (Å²) in [4.78, 5) is 24.7. The Morgan fingerprint density at radius 1 is 1.59 bits per heavy atom. The van der Waals surface area contributed by atoms with E-state index in [9.17, 15) is 9.59 Å². The number of carboxylic acid groups (broad SMARTS) is 1. The van der Waals surface area contributed by atoms with Crippen molar-refractivity contribution in [2.75, 3.05) is 6.54 Å². The van der Waals surface area contributed by atoms with E-state index >= 15 is 0 Å². The number of carbonyl (C=O) groups excluding carboxylic acids is 1. The van der Waals surface area contributed by atoms with E-state index in [1.807, 2.05) is 10.8 Å². The van der Waals surface area contributed by atoms with Gasteiger partial charge in [0.2, 0.25) is 0 Å². The quantitative estimate of drug-likeness (QED) is 0.874. The number of carbonyl (C=O) groups is 2. The second kappa shape index (κ2) is 4.87. The number of nitrogens with zero attached hydrogens (tertiary/aromatic N) is 1. The van der Waals surface area contributed by atoms with Crippen LogP contribution in [-0.2, 0) is 4.79 Å². The molecule has 1 fully saturated rings. The summed E-state index contributed by atoms with van der Waals surface area (Å²) in [6, 6.07) is 2.03. The number of amides is 1. The number of rotatable bonds is 5. The second-order valence-corrected chi connectivity index (χ2v) is 5.22. The van der Waals surface area contributed by atoms with E-state index < -0.39 is 11.9 Å². The average molecular weight is 253 g/mol. The molecule has 0 spiro atoms. The van der Waals surface area contributed by atoms with Gasteiger partial charge in [0.05, 0.1) is 11.5 Å². The van der Waals surface area contributed by atoms with Gasteiger partial charge in [-0.3, -0.25) is 9.59 Å². The van der Waals surface area contributed by atoms with Crippen LogP contribution in [-0.4, -0.2) is 34.5 Å². The third kappa shape index (κ3) is 2.85. The highest BCUT2D eigenvalue weighted by Crippen LogP contribution is 2.29. The molecule has 1 atom stereocenters. The van der Waals surface area contributed by atoms with Crippen LogP contribution in [0.15, 0.2) is 16.8 Å². The lowest BCUT2D eigenvalue weighted by Crippen LogP contribution is -2.38. The van der Waals surface area contributed by atoms with E-state index in [0.29, 0.717) is 12.1 Å². The smallest absolute Gasteiger partial charge is 0.308 e. The Morgan fingerprint density at radius 2 is 2.29 bits per heavy atom. The van der Waals surface area contributed by atoms with E-state index in [1.54, 1.807) is 17.9 Å². The number of carboxylic acids is 1. The van der Waals surface area contributed by atoms with Crippen LogP contribution in [0.3, 0.4) is 0 Å². The Balaban J connectivity index is 2.07. The standard InChI is InChI=1S/C12H15NO3S/c1-8(12(15)16)6-13(10-2-3-10)11(14)9-4-5-17-7-9/h4-5,7-8,10H,2-3,6H2,1H3,(H,15,16). The number of hydrogen-bond acceptors (Lipinski definition) is 3. The van der Waals surface area contributed by atoms with E-state index in [2.05, 4.69) is 0 Å². The molecule has 0 saturated heterocycles. The van der Waals surface area contributed by atoms with E-state index in [4.69, 9.17) is 5.11 Å². The number of hydrogen-bond donors (Lipinski definition) is 1. The summed E-state index contributed by atoms with van der Waals surface area (Å²) in [6.07, 6.45) is 1.98. The summed E-state index contributed by atoms with van der Waals surface area (Å²) in [5.41, 5.74) is 0.666. The van der Waals surface area contributed by atoms with Crippen LogP contribution in [0.1, 0.15) is 30.1 Å². The molecule has 1 heterocycles. The highest BCUT2D eigenvalue weighted by molar-refractivity contribution is 7.08. The monoisotopic (exact) mass is 253 g/mol. The maximum Gasteiger partial charge on any atom is 0.308 e. The second-order valence-electron chi connectivity index (χ2n) is 4.44. The third-order valence-corrected chi connectivity index (χ3v) is 3.59. The summed E-state index contributed by atoms with van der Waals surface area (Å²) in [6.45, 7) is 1.94. The zero-order valence-corrected chi connectivity index (χ0v) is 10.4. The summed E-state index contributed by atoms with van der Waals surface area (Å²) in [5, 5.41) is 12.6. The van der Waals surface area contributed by atoms with Crippen molar-refractivity contribution < 1.29 is 14.7 Å². The lowest BCUT2D eigenvalue weighted by atomic mass is 10.1. The van der Waals surface area contributed by atoms with Crippen molar-refractivity contribution in [3.63, 3.8) is 0 Å². The molecule has 1 saturated carbocycles. The lowest BCUT2D eigenvalue weighted by Gasteiger charge is -2.23. The number of thiophene rings is 1. The summed E-state index contributed by atoms with van der Waals surface area (Å²) < 4.78 is 0. The van der Waals surface area contributed by atoms with Gasteiger partial charge in [-0.2, -0.15) is 11.3 Å². The molecule has 0 aromatic carbocycles. The molecule has 1 aliphatic rings. The summed E-state index contributed by atoms with van der Waals surface area (Å²) >= 11 is 1.48. The van der Waals surface area contributed by atoms with Crippen molar-refractivity contribution in [3.8, 4) is 0 Å². The van der Waals surface area contributed by atoms with Crippen molar-refractivity contribution in [1.29, 1.82) is 0 Å². The zero-order chi connectivity index (χ0) is 12.4. The van der Waals surface area contributed by atoms with Gasteiger partial charge < -0.3 is 10.0 Å². The minimum atomic E-state index is -0.853. The molecular formula is C12H15NO3S. The SMILES string of the molecule is CC(CN(C(=O)c1ccsc1)C1CC1)C(=O)O. The molecule has 1 amide bonds. The maximum atomic E-state index is 12.2. The molecule has 1 aromatic rings. The Morgan fingerprint density at radius 3 is 2.76 bits per heavy atom. The summed E-state index contributed by atoms with van der Waals surface area (Å²) in [7, 11) is 0. The van der Waals surface area contributed by atoms with Crippen molar-refractivity contribution >= 4 is 23.2 Å². The molecule has 1 aliphatic carbocycles. The van der Waals surface area contributed by atoms with Crippen molar-refractivity contribution in [2.24, 2.45) is 5.92 Å². The molecule has 2 rings (SSSR count). The molecule has 1 unspecified atom stereocenters. The van der Waals surface area contributed by atoms with Crippen LogP contribution >= 0.6 is 11.3 Å². The molecular weight excluding hydrogens is 238 g/mol. The van der Waals surface area contributed by atoms with Gasteiger partial charge in [0.25, 0.3) is 5.91 Å². The van der Waals surface area contributed by atoms with Gasteiger partial charge in [0, 0.05) is 18.0 Å². The first-order chi connectivity index (χ1) is 8.09. The predicted octanol–water partition coefficient (Wildman–Crippen LogP) is 2.07. The third-order valence-electron chi connectivity index (χ3n) is 2.91. The Hall–Kier alpha value is -1.36. The zero-order valence-electron chi connectivity index (χ0n) is 9.63. The summed E-state index contributed by atoms with van der Waals surface area (Å²) in [5.74, 6) is -1.41. The van der Waals surface area contributed by atoms with Gasteiger partial charge >= 0.3 is 5.97 Å². The van der Waals surface area contributed by atoms with Crippen LogP contribution in [0, 0.1) is 5.92 Å². The van der Waals surface area contributed by atoms with Crippen molar-refractivity contribution in [1.82, 2.24) is 4.90 Å². The molecule has 92 valence electrons. The normalized spacial score (nSPS) is 16.5. The fraction of sp³-hybridized carbons (Fsp3) is 0.500. The fourth-order valence-corrected chi connectivity index (χ4v) is 2.34. The number of aliphatic carboxylic acids is 1. The molecule has 0 bridgehead atoms. The molecule has 0 aliphatic heterocycles. The minimum absolute atomic E-state index is 0.0400. The molecule has 5 heteroatoms. The van der Waals surface area contributed by atoms with Gasteiger partial charge in [-0.15, -0.1) is 0 Å². The predicted molar refractivity (Wildman–Crippen MR) is 65.2 cm³/mol. The van der Waals surface area contributed by atoms with E-state index in [1.165, 1.54) is 11.3 Å². The van der Waals surface area contributed by atoms with Crippen molar-refractivity contribution in [3.05, 3.63) is 22.4 Å². The van der Waals surface area contributed by atoms with Gasteiger partial charge in [0.1, 0.15) is 0 Å². The Bertz CT molecular complexity index is 411. The van der Waals surface area contributed by atoms with Crippen LogP contribution in [0.25, 0.3) is 0 Å². The van der Waals surface area contributed by atoms with E-state index in [0.717, 1.165) is 12.8 Å². The lowest BCUT2D eigenvalue weighted by molar-refractivity contribution is -0.141. The van der Waals surface area contributed by atoms with Crippen molar-refractivity contribution in [2.45, 2.75) is 25.8 Å². The van der Waals surface area contributed by atoms with Crippen LogP contribution in [0.4, 0.5) is 0 Å². The van der Waals surface area contributed by atoms with Crippen LogP contribution in [0.2, 0.25) is 0 Å². The first kappa shape index (κ1) is 12.1. The van der Waals surface area contributed by atoms with Gasteiger partial charge in [-0.1, -0.05) is 6.92 Å². The average Bonchev–Trinajstić information content (AvgIpc) is 2.98. The topological polar surface area (TPSA) is 57.6 Å². The Kier molecular flexibility index (Phi) is 3.47. The maximum absolute atomic E-state index is 12.2. The highest BCUT2D eigenvalue weighted by Gasteiger charge is 2.34. The molecule has 1 aromatic heterocycles. The first-order valence-electron chi connectivity index (χ1n) is 5.65. The van der Waals surface area contributed by atoms with Gasteiger partial charge in [-0.25, -0.2) is 0 Å². The molecule has 17 heavy (non-hydrogen) atoms. The van der Waals surface area contributed by atoms with Crippen LogP contribution < -0.4 is 0 Å². The van der Waals surface area contributed by atoms with Gasteiger partial charge in [-0.05, 0) is 24.3 Å². The van der Waals surface area contributed by atoms with Gasteiger partial charge in [0.15, 0.2) is 0 Å². The highest BCUT2D eigenvalue weighted by atomic mass is 32.1. The van der Waals surface area contributed by atoms with E-state index in [-0.39, 0.29) is 11.9 Å². The minimum Gasteiger partial charge on any atom is -0.481 e. The largest absolute Gasteiger partial charge is 0.481 e. The Labute approximate surface area is 104 Å². The first-order valence-corrected chi connectivity index (χ1v) is 6.60. The molecule has 1 N–H and O–H groups in total. The fourth-order valence-electron chi connectivity index (χ4n) is 1.71. The molecule has 4 nitrogen and oxygen atoms in total.